The molecule has 0 aromatic rings. The normalized spacial score (nSPS) is 20.8. The quantitative estimate of drug-likeness (QED) is 0.289. The van der Waals surface area contributed by atoms with Crippen molar-refractivity contribution < 1.29 is 0 Å². The predicted octanol–water partition coefficient (Wildman–Crippen LogP) is 1.45. The minimum absolute atomic E-state index is 0.570. The van der Waals surface area contributed by atoms with Crippen LogP contribution in [0.25, 0.3) is 0 Å². The van der Waals surface area contributed by atoms with Crippen LogP contribution in [0.5, 0.6) is 0 Å². The molecule has 0 aromatic heterocycles. The Kier molecular flexibility index (Phi) is 3.53. The van der Waals surface area contributed by atoms with Gasteiger partial charge in [-0.15, -0.1) is 0 Å². The van der Waals surface area contributed by atoms with E-state index < -0.39 is 0 Å². The second kappa shape index (κ2) is 4.45. The zero-order valence-corrected chi connectivity index (χ0v) is 8.01. The van der Waals surface area contributed by atoms with Crippen LogP contribution in [-0.4, -0.2) is 11.9 Å². The van der Waals surface area contributed by atoms with E-state index >= 15 is 0 Å². The average Bonchev–Trinajstić information content (AvgIpc) is 2.86. The lowest BCUT2D eigenvalue weighted by atomic mass is 10.1. The van der Waals surface area contributed by atoms with Gasteiger partial charge in [0.2, 0.25) is 0 Å². The number of amidine groups is 1. The molecule has 3 heteroatoms. The zero-order valence-electron chi connectivity index (χ0n) is 8.01. The highest BCUT2D eigenvalue weighted by Gasteiger charge is 2.21. The molecule has 1 aliphatic carbocycles. The molecule has 1 unspecified atom stereocenters. The Bertz CT molecular complexity index is 161. The predicted molar refractivity (Wildman–Crippen MR) is 51.9 cm³/mol. The van der Waals surface area contributed by atoms with Gasteiger partial charge in [0.1, 0.15) is 5.84 Å². The molecule has 1 aliphatic rings. The Morgan fingerprint density at radius 3 is 2.75 bits per heavy atom. The highest BCUT2D eigenvalue weighted by Crippen LogP contribution is 2.24. The summed E-state index contributed by atoms with van der Waals surface area (Å²) in [5.74, 6) is 7.03. The average molecular weight is 169 g/mol. The number of nitrogens with zero attached hydrogens (tertiary/aromatic N) is 1. The second-order valence-electron chi connectivity index (χ2n) is 3.67. The summed E-state index contributed by atoms with van der Waals surface area (Å²) in [5.41, 5.74) is 2.69. The van der Waals surface area contributed by atoms with Crippen LogP contribution in [0.15, 0.2) is 4.99 Å². The van der Waals surface area contributed by atoms with Crippen LogP contribution in [0.4, 0.5) is 0 Å². The molecule has 0 bridgehead atoms. The lowest BCUT2D eigenvalue weighted by molar-refractivity contribution is 0.577. The molecule has 70 valence electrons. The van der Waals surface area contributed by atoms with E-state index in [1.165, 1.54) is 19.3 Å². The maximum atomic E-state index is 5.37. The van der Waals surface area contributed by atoms with Gasteiger partial charge in [0.05, 0.1) is 6.04 Å². The standard InChI is InChI=1S/C9H19N3/c1-3-7(2)6-9(12-10)11-8-4-5-8/h7-8H,3-6,10H2,1-2H3,(H,11,12). The molecule has 0 spiro atoms. The van der Waals surface area contributed by atoms with Crippen LogP contribution in [0.2, 0.25) is 0 Å². The molecule has 3 N–H and O–H groups in total. The topological polar surface area (TPSA) is 50.4 Å². The summed E-state index contributed by atoms with van der Waals surface area (Å²) in [5, 5.41) is 0. The summed E-state index contributed by atoms with van der Waals surface area (Å²) < 4.78 is 0. The fourth-order valence-corrected chi connectivity index (χ4v) is 1.05. The van der Waals surface area contributed by atoms with Crippen LogP contribution in [0.3, 0.4) is 0 Å². The lowest BCUT2D eigenvalue weighted by Gasteiger charge is -2.10. The third-order valence-electron chi connectivity index (χ3n) is 2.29. The van der Waals surface area contributed by atoms with Crippen LogP contribution < -0.4 is 11.3 Å². The smallest absolute Gasteiger partial charge is 0.111 e. The van der Waals surface area contributed by atoms with E-state index in [4.69, 9.17) is 5.84 Å². The van der Waals surface area contributed by atoms with Gasteiger partial charge in [-0.2, -0.15) is 0 Å². The maximum Gasteiger partial charge on any atom is 0.111 e. The number of aliphatic imine (C=N–C) groups is 1. The molecule has 0 aromatic carbocycles. The second-order valence-corrected chi connectivity index (χ2v) is 3.67. The molecule has 0 amide bonds. The molecule has 0 heterocycles. The summed E-state index contributed by atoms with van der Waals surface area (Å²) >= 11 is 0. The third-order valence-corrected chi connectivity index (χ3v) is 2.29. The van der Waals surface area contributed by atoms with E-state index in [1.807, 2.05) is 0 Å². The van der Waals surface area contributed by atoms with Crippen molar-refractivity contribution in [3.63, 3.8) is 0 Å². The first-order valence-electron chi connectivity index (χ1n) is 4.79. The van der Waals surface area contributed by atoms with Crippen molar-refractivity contribution in [2.24, 2.45) is 16.8 Å². The summed E-state index contributed by atoms with van der Waals surface area (Å²) in [6.07, 6.45) is 4.66. The fraction of sp³-hybridized carbons (Fsp3) is 0.889. The van der Waals surface area contributed by atoms with Crippen LogP contribution >= 0.6 is 0 Å². The number of rotatable bonds is 4. The van der Waals surface area contributed by atoms with Crippen molar-refractivity contribution in [1.29, 1.82) is 0 Å². The van der Waals surface area contributed by atoms with Crippen molar-refractivity contribution >= 4 is 5.84 Å². The highest BCUT2D eigenvalue weighted by molar-refractivity contribution is 5.82. The lowest BCUT2D eigenvalue weighted by Crippen LogP contribution is -2.31. The number of hydrogen-bond donors (Lipinski definition) is 2. The van der Waals surface area contributed by atoms with E-state index in [0.29, 0.717) is 12.0 Å². The zero-order chi connectivity index (χ0) is 8.97. The Morgan fingerprint density at radius 2 is 2.33 bits per heavy atom. The molecule has 1 saturated carbocycles. The van der Waals surface area contributed by atoms with Gasteiger partial charge in [-0.1, -0.05) is 20.3 Å². The first kappa shape index (κ1) is 9.52. The minimum Gasteiger partial charge on any atom is -0.312 e. The van der Waals surface area contributed by atoms with Gasteiger partial charge in [-0.3, -0.25) is 4.99 Å². The first-order valence-corrected chi connectivity index (χ1v) is 4.79. The largest absolute Gasteiger partial charge is 0.312 e. The van der Waals surface area contributed by atoms with Gasteiger partial charge in [0.15, 0.2) is 0 Å². The highest BCUT2D eigenvalue weighted by atomic mass is 15.3. The van der Waals surface area contributed by atoms with Crippen LogP contribution in [0.1, 0.15) is 39.5 Å². The molecule has 1 rings (SSSR count). The van der Waals surface area contributed by atoms with E-state index in [-0.39, 0.29) is 0 Å². The molecule has 12 heavy (non-hydrogen) atoms. The van der Waals surface area contributed by atoms with Crippen molar-refractivity contribution in [1.82, 2.24) is 5.43 Å². The Hall–Kier alpha value is -0.570. The van der Waals surface area contributed by atoms with E-state index in [0.717, 1.165) is 12.3 Å². The summed E-state index contributed by atoms with van der Waals surface area (Å²) in [6, 6.07) is 0.570. The molecular formula is C9H19N3. The number of hydrazine groups is 1. The molecule has 0 aliphatic heterocycles. The third kappa shape index (κ3) is 3.22. The van der Waals surface area contributed by atoms with Gasteiger partial charge < -0.3 is 5.43 Å². The minimum atomic E-state index is 0.570. The Balaban J connectivity index is 2.33. The number of nitrogens with one attached hydrogen (secondary N) is 1. The number of nitrogens with two attached hydrogens (primary N) is 1. The molecule has 1 fully saturated rings. The summed E-state index contributed by atoms with van der Waals surface area (Å²) in [7, 11) is 0. The maximum absolute atomic E-state index is 5.37. The van der Waals surface area contributed by atoms with Gasteiger partial charge in [0, 0.05) is 6.42 Å². The molecular weight excluding hydrogens is 150 g/mol. The van der Waals surface area contributed by atoms with E-state index in [1.54, 1.807) is 0 Å². The first-order chi connectivity index (χ1) is 5.76. The van der Waals surface area contributed by atoms with Crippen LogP contribution in [-0.2, 0) is 0 Å². The van der Waals surface area contributed by atoms with Gasteiger partial charge >= 0.3 is 0 Å². The van der Waals surface area contributed by atoms with E-state index in [2.05, 4.69) is 24.3 Å². The Morgan fingerprint density at radius 1 is 1.67 bits per heavy atom. The van der Waals surface area contributed by atoms with Gasteiger partial charge in [0.25, 0.3) is 0 Å². The monoisotopic (exact) mass is 169 g/mol. The SMILES string of the molecule is CCC(C)CC(=NC1CC1)NN. The molecule has 0 saturated heterocycles. The summed E-state index contributed by atoms with van der Waals surface area (Å²) in [6.45, 7) is 4.41. The van der Waals surface area contributed by atoms with Crippen molar-refractivity contribution in [2.45, 2.75) is 45.6 Å². The van der Waals surface area contributed by atoms with Gasteiger partial charge in [-0.05, 0) is 18.8 Å². The summed E-state index contributed by atoms with van der Waals surface area (Å²) in [4.78, 5) is 4.48. The van der Waals surface area contributed by atoms with Crippen molar-refractivity contribution in [3.05, 3.63) is 0 Å². The number of hydrogen-bond acceptors (Lipinski definition) is 2. The van der Waals surface area contributed by atoms with Crippen LogP contribution in [0, 0.1) is 5.92 Å². The Labute approximate surface area is 74.4 Å². The fourth-order valence-electron chi connectivity index (χ4n) is 1.05. The van der Waals surface area contributed by atoms with Crippen molar-refractivity contribution in [3.8, 4) is 0 Å². The molecule has 1 atom stereocenters. The van der Waals surface area contributed by atoms with E-state index in [9.17, 15) is 0 Å². The van der Waals surface area contributed by atoms with Gasteiger partial charge in [-0.25, -0.2) is 5.84 Å². The molecule has 0 radical (unpaired) electrons. The van der Waals surface area contributed by atoms with Crippen molar-refractivity contribution in [2.75, 3.05) is 0 Å². The molecule has 3 nitrogen and oxygen atoms in total.